The predicted octanol–water partition coefficient (Wildman–Crippen LogP) is 3.63. The van der Waals surface area contributed by atoms with Gasteiger partial charge in [0.2, 0.25) is 0 Å². The highest BCUT2D eigenvalue weighted by atomic mass is 16.5. The maximum Gasteiger partial charge on any atom is 0.321 e. The molecule has 2 unspecified atom stereocenters. The molecule has 1 aliphatic rings. The van der Waals surface area contributed by atoms with Crippen LogP contribution >= 0.6 is 0 Å². The minimum Gasteiger partial charge on any atom is -0.396 e. The maximum absolute atomic E-state index is 12.1. The lowest BCUT2D eigenvalue weighted by Crippen LogP contribution is -2.32. The normalized spacial score (nSPS) is 20.6. The van der Waals surface area contributed by atoms with E-state index in [0.717, 1.165) is 30.0 Å². The molecule has 134 valence electrons. The molecule has 2 atom stereocenters. The van der Waals surface area contributed by atoms with Crippen LogP contribution in [0.15, 0.2) is 24.3 Å². The molecule has 2 rings (SSSR count). The lowest BCUT2D eigenvalue weighted by atomic mass is 9.89. The van der Waals surface area contributed by atoms with E-state index in [1.165, 1.54) is 12.8 Å². The molecule has 0 aliphatic heterocycles. The second-order valence-corrected chi connectivity index (χ2v) is 6.83. The molecule has 0 spiro atoms. The van der Waals surface area contributed by atoms with Crippen LogP contribution < -0.4 is 5.32 Å². The predicted molar refractivity (Wildman–Crippen MR) is 96.0 cm³/mol. The van der Waals surface area contributed by atoms with Gasteiger partial charge in [-0.25, -0.2) is 4.79 Å². The van der Waals surface area contributed by atoms with Crippen LogP contribution in [0.3, 0.4) is 0 Å². The van der Waals surface area contributed by atoms with E-state index in [9.17, 15) is 4.79 Å². The Kier molecular flexibility index (Phi) is 7.53. The molecule has 2 amide bonds. The molecular weight excluding hydrogens is 304 g/mol. The van der Waals surface area contributed by atoms with Gasteiger partial charge in [-0.15, -0.1) is 0 Å². The number of hydrogen-bond acceptors (Lipinski definition) is 3. The van der Waals surface area contributed by atoms with E-state index >= 15 is 0 Å². The van der Waals surface area contributed by atoms with E-state index in [1.54, 1.807) is 11.9 Å². The number of aliphatic hydroxyl groups is 1. The fraction of sp³-hybridized carbons (Fsp3) is 0.632. The van der Waals surface area contributed by atoms with Gasteiger partial charge in [0.15, 0.2) is 0 Å². The third-order valence-corrected chi connectivity index (χ3v) is 4.55. The molecule has 24 heavy (non-hydrogen) atoms. The quantitative estimate of drug-likeness (QED) is 0.800. The number of nitrogens with zero attached hydrogens (tertiary/aromatic N) is 1. The minimum absolute atomic E-state index is 0.0875. The Morgan fingerprint density at radius 2 is 2.25 bits per heavy atom. The largest absolute Gasteiger partial charge is 0.396 e. The van der Waals surface area contributed by atoms with E-state index in [1.807, 2.05) is 24.3 Å². The summed E-state index contributed by atoms with van der Waals surface area (Å²) in [5.41, 5.74) is 1.85. The Morgan fingerprint density at radius 1 is 1.42 bits per heavy atom. The van der Waals surface area contributed by atoms with Gasteiger partial charge in [0, 0.05) is 25.9 Å². The van der Waals surface area contributed by atoms with Crippen LogP contribution in [0.5, 0.6) is 0 Å². The zero-order valence-electron chi connectivity index (χ0n) is 14.8. The van der Waals surface area contributed by atoms with Crippen LogP contribution in [0.25, 0.3) is 0 Å². The van der Waals surface area contributed by atoms with Crippen molar-refractivity contribution in [2.45, 2.75) is 51.7 Å². The Hall–Kier alpha value is -1.59. The number of benzene rings is 1. The second-order valence-electron chi connectivity index (χ2n) is 6.83. The van der Waals surface area contributed by atoms with E-state index in [0.29, 0.717) is 25.7 Å². The third kappa shape index (κ3) is 6.13. The molecule has 5 heteroatoms. The van der Waals surface area contributed by atoms with Crippen molar-refractivity contribution >= 4 is 11.7 Å². The first kappa shape index (κ1) is 18.7. The number of hydrogen-bond donors (Lipinski definition) is 2. The molecule has 0 saturated heterocycles. The first-order valence-electron chi connectivity index (χ1n) is 8.92. The summed E-state index contributed by atoms with van der Waals surface area (Å²) >= 11 is 0. The average molecular weight is 334 g/mol. The zero-order valence-corrected chi connectivity index (χ0v) is 14.8. The van der Waals surface area contributed by atoms with Crippen LogP contribution in [-0.4, -0.2) is 42.3 Å². The lowest BCUT2D eigenvalue weighted by Gasteiger charge is -2.26. The summed E-state index contributed by atoms with van der Waals surface area (Å²) < 4.78 is 6.05. The molecule has 1 fully saturated rings. The molecule has 0 radical (unpaired) electrons. The summed E-state index contributed by atoms with van der Waals surface area (Å²) in [7, 11) is 1.72. The number of urea groups is 1. The zero-order chi connectivity index (χ0) is 17.4. The van der Waals surface area contributed by atoms with Crippen molar-refractivity contribution in [1.82, 2.24) is 4.90 Å². The SMILES string of the molecule is CC1CCCC(OCc2cccc(NC(=O)N(C)CCCO)c2)C1. The van der Waals surface area contributed by atoms with Gasteiger partial charge in [0.1, 0.15) is 0 Å². The van der Waals surface area contributed by atoms with E-state index in [4.69, 9.17) is 9.84 Å². The first-order chi connectivity index (χ1) is 11.6. The number of carbonyl (C=O) groups excluding carboxylic acids is 1. The van der Waals surface area contributed by atoms with Gasteiger partial charge in [-0.3, -0.25) is 0 Å². The van der Waals surface area contributed by atoms with Gasteiger partial charge >= 0.3 is 6.03 Å². The topological polar surface area (TPSA) is 61.8 Å². The van der Waals surface area contributed by atoms with Crippen LogP contribution in [-0.2, 0) is 11.3 Å². The Morgan fingerprint density at radius 3 is 3.00 bits per heavy atom. The number of rotatable bonds is 7. The summed E-state index contributed by atoms with van der Waals surface area (Å²) in [6.07, 6.45) is 5.80. The molecule has 0 heterocycles. The van der Waals surface area contributed by atoms with Crippen molar-refractivity contribution in [3.63, 3.8) is 0 Å². The Labute approximate surface area is 145 Å². The van der Waals surface area contributed by atoms with Crippen LogP contribution in [0.1, 0.15) is 44.6 Å². The number of carbonyl (C=O) groups is 1. The highest BCUT2D eigenvalue weighted by Gasteiger charge is 2.19. The average Bonchev–Trinajstić information content (AvgIpc) is 2.58. The summed E-state index contributed by atoms with van der Waals surface area (Å²) in [6, 6.07) is 7.64. The van der Waals surface area contributed by atoms with Crippen molar-refractivity contribution in [3.8, 4) is 0 Å². The number of amides is 2. The lowest BCUT2D eigenvalue weighted by molar-refractivity contribution is 0.00468. The number of anilines is 1. The number of ether oxygens (including phenoxy) is 1. The van der Waals surface area contributed by atoms with Crippen LogP contribution in [0, 0.1) is 5.92 Å². The van der Waals surface area contributed by atoms with Gasteiger partial charge in [-0.05, 0) is 42.9 Å². The highest BCUT2D eigenvalue weighted by Crippen LogP contribution is 2.26. The third-order valence-electron chi connectivity index (χ3n) is 4.55. The molecule has 2 N–H and O–H groups in total. The summed E-state index contributed by atoms with van der Waals surface area (Å²) in [5.74, 6) is 0.754. The monoisotopic (exact) mass is 334 g/mol. The van der Waals surface area contributed by atoms with Gasteiger partial charge in [0.25, 0.3) is 0 Å². The Balaban J connectivity index is 1.83. The van der Waals surface area contributed by atoms with Crippen molar-refractivity contribution in [1.29, 1.82) is 0 Å². The Bertz CT molecular complexity index is 521. The summed E-state index contributed by atoms with van der Waals surface area (Å²) in [4.78, 5) is 13.6. The van der Waals surface area contributed by atoms with E-state index in [-0.39, 0.29) is 12.6 Å². The van der Waals surface area contributed by atoms with Crippen molar-refractivity contribution in [2.75, 3.05) is 25.5 Å². The van der Waals surface area contributed by atoms with E-state index in [2.05, 4.69) is 12.2 Å². The summed E-state index contributed by atoms with van der Waals surface area (Å²) in [6.45, 7) is 3.50. The fourth-order valence-corrected chi connectivity index (χ4v) is 3.11. The van der Waals surface area contributed by atoms with Crippen molar-refractivity contribution in [2.24, 2.45) is 5.92 Å². The van der Waals surface area contributed by atoms with Gasteiger partial charge in [0.05, 0.1) is 12.7 Å². The van der Waals surface area contributed by atoms with Crippen LogP contribution in [0.4, 0.5) is 10.5 Å². The molecule has 1 aromatic carbocycles. The highest BCUT2D eigenvalue weighted by molar-refractivity contribution is 5.89. The fourth-order valence-electron chi connectivity index (χ4n) is 3.11. The maximum atomic E-state index is 12.1. The van der Waals surface area contributed by atoms with Crippen molar-refractivity contribution < 1.29 is 14.6 Å². The number of aliphatic hydroxyl groups excluding tert-OH is 1. The van der Waals surface area contributed by atoms with Crippen LogP contribution in [0.2, 0.25) is 0 Å². The minimum atomic E-state index is -0.164. The summed E-state index contributed by atoms with van der Waals surface area (Å²) in [5, 5.41) is 11.7. The standard InChI is InChI=1S/C19H30N2O3/c1-15-6-3-9-18(12-15)24-14-16-7-4-8-17(13-16)20-19(23)21(2)10-5-11-22/h4,7-8,13,15,18,22H,3,5-6,9-12,14H2,1-2H3,(H,20,23). The van der Waals surface area contributed by atoms with Crippen molar-refractivity contribution in [3.05, 3.63) is 29.8 Å². The molecule has 5 nitrogen and oxygen atoms in total. The first-order valence-corrected chi connectivity index (χ1v) is 8.92. The smallest absolute Gasteiger partial charge is 0.321 e. The molecule has 0 bridgehead atoms. The second kappa shape index (κ2) is 9.64. The molecule has 1 saturated carbocycles. The molecular formula is C19H30N2O3. The molecule has 0 aromatic heterocycles. The number of nitrogens with one attached hydrogen (secondary N) is 1. The van der Waals surface area contributed by atoms with Gasteiger partial charge in [-0.2, -0.15) is 0 Å². The molecule has 1 aliphatic carbocycles. The van der Waals surface area contributed by atoms with Gasteiger partial charge < -0.3 is 20.1 Å². The van der Waals surface area contributed by atoms with E-state index < -0.39 is 0 Å². The van der Waals surface area contributed by atoms with Gasteiger partial charge in [-0.1, -0.05) is 31.9 Å². The molecule has 1 aromatic rings.